The molecule has 0 spiro atoms. The van der Waals surface area contributed by atoms with Gasteiger partial charge in [0.1, 0.15) is 11.2 Å². The second kappa shape index (κ2) is 10.6. The third-order valence-corrected chi connectivity index (χ3v) is 11.3. The first-order valence-corrected chi connectivity index (χ1v) is 17.8. The fourth-order valence-corrected chi connectivity index (χ4v) is 9.24. The zero-order valence-electron chi connectivity index (χ0n) is 26.9. The third-order valence-electron chi connectivity index (χ3n) is 10.2. The van der Waals surface area contributed by atoms with Crippen molar-refractivity contribution in [3.8, 4) is 5.69 Å². The van der Waals surface area contributed by atoms with Crippen molar-refractivity contribution in [1.82, 2.24) is 4.57 Å². The summed E-state index contributed by atoms with van der Waals surface area (Å²) in [6, 6.07) is 61.3. The van der Waals surface area contributed by atoms with Crippen molar-refractivity contribution >= 4 is 103 Å². The Balaban J connectivity index is 1.32. The molecule has 11 aromatic rings. The number of thiophene rings is 1. The molecule has 50 heavy (non-hydrogen) atoms. The van der Waals surface area contributed by atoms with Gasteiger partial charge in [-0.05, 0) is 72.1 Å². The van der Waals surface area contributed by atoms with Gasteiger partial charge in [-0.3, -0.25) is 0 Å². The molecule has 3 aromatic heterocycles. The first kappa shape index (κ1) is 27.6. The molecule has 0 fully saturated rings. The molecule has 0 aliphatic heterocycles. The molecule has 0 aliphatic rings. The van der Waals surface area contributed by atoms with Gasteiger partial charge in [0.2, 0.25) is 0 Å². The average molecular weight is 657 g/mol. The van der Waals surface area contributed by atoms with E-state index in [0.717, 1.165) is 44.7 Å². The number of hydrogen-bond acceptors (Lipinski definition) is 3. The number of benzene rings is 8. The van der Waals surface area contributed by atoms with E-state index in [1.807, 2.05) is 17.4 Å². The van der Waals surface area contributed by atoms with Crippen molar-refractivity contribution in [3.63, 3.8) is 0 Å². The predicted octanol–water partition coefficient (Wildman–Crippen LogP) is 13.7. The van der Waals surface area contributed by atoms with Gasteiger partial charge in [-0.1, -0.05) is 103 Å². The number of furan rings is 1. The molecule has 4 heteroatoms. The molecule has 3 nitrogen and oxygen atoms in total. The highest BCUT2D eigenvalue weighted by Gasteiger charge is 2.25. The molecule has 8 aromatic carbocycles. The van der Waals surface area contributed by atoms with Crippen molar-refractivity contribution in [2.45, 2.75) is 0 Å². The lowest BCUT2D eigenvalue weighted by atomic mass is 10.00. The van der Waals surface area contributed by atoms with Gasteiger partial charge >= 0.3 is 0 Å². The standard InChI is InChI=1S/C46H28N2OS/c1-2-13-29(14-3-1)47-36-20-7-4-15-30(36)33-19-11-23-39(46(33)47)48(38-22-12-26-43-45(38)35-17-6-9-25-42(35)50-43)37-21-10-18-32-31(37)27-28-41-44(32)34-16-5-8-24-40(34)49-41/h1-28H. The average Bonchev–Trinajstić information content (AvgIpc) is 3.86. The van der Waals surface area contributed by atoms with Gasteiger partial charge < -0.3 is 13.9 Å². The maximum atomic E-state index is 6.37. The maximum Gasteiger partial charge on any atom is 0.136 e. The fourth-order valence-electron chi connectivity index (χ4n) is 8.12. The molecule has 0 radical (unpaired) electrons. The van der Waals surface area contributed by atoms with Crippen LogP contribution in [0.15, 0.2) is 174 Å². The van der Waals surface area contributed by atoms with Crippen LogP contribution < -0.4 is 4.90 Å². The second-order valence-corrected chi connectivity index (χ2v) is 13.9. The van der Waals surface area contributed by atoms with Crippen molar-refractivity contribution in [3.05, 3.63) is 170 Å². The van der Waals surface area contributed by atoms with E-state index in [4.69, 9.17) is 4.42 Å². The van der Waals surface area contributed by atoms with Crippen molar-refractivity contribution < 1.29 is 4.42 Å². The Morgan fingerprint density at radius 3 is 1.96 bits per heavy atom. The van der Waals surface area contributed by atoms with Crippen LogP contribution in [-0.2, 0) is 0 Å². The summed E-state index contributed by atoms with van der Waals surface area (Å²) in [6.45, 7) is 0. The van der Waals surface area contributed by atoms with Crippen molar-refractivity contribution in [2.24, 2.45) is 0 Å². The van der Waals surface area contributed by atoms with E-state index in [9.17, 15) is 0 Å². The summed E-state index contributed by atoms with van der Waals surface area (Å²) in [5.74, 6) is 0. The van der Waals surface area contributed by atoms with E-state index >= 15 is 0 Å². The number of hydrogen-bond donors (Lipinski definition) is 0. The largest absolute Gasteiger partial charge is 0.456 e. The lowest BCUT2D eigenvalue weighted by Gasteiger charge is -2.29. The van der Waals surface area contributed by atoms with Gasteiger partial charge in [0.15, 0.2) is 0 Å². The van der Waals surface area contributed by atoms with E-state index in [1.54, 1.807) is 0 Å². The molecular weight excluding hydrogens is 629 g/mol. The fraction of sp³-hybridized carbons (Fsp3) is 0. The molecule has 234 valence electrons. The Hall–Kier alpha value is -6.36. The summed E-state index contributed by atoms with van der Waals surface area (Å²) in [5.41, 5.74) is 8.69. The predicted molar refractivity (Wildman–Crippen MR) is 213 cm³/mol. The quantitative estimate of drug-likeness (QED) is 0.188. The monoisotopic (exact) mass is 656 g/mol. The molecule has 0 atom stereocenters. The Labute approximate surface area is 291 Å². The number of aromatic nitrogens is 1. The molecule has 3 heterocycles. The molecule has 0 amide bonds. The van der Waals surface area contributed by atoms with Crippen LogP contribution in [-0.4, -0.2) is 4.57 Å². The molecule has 0 bridgehead atoms. The third kappa shape index (κ3) is 3.85. The molecule has 0 saturated carbocycles. The maximum absolute atomic E-state index is 6.37. The van der Waals surface area contributed by atoms with Crippen LogP contribution in [0.4, 0.5) is 17.1 Å². The molecule has 11 rings (SSSR count). The topological polar surface area (TPSA) is 21.3 Å². The van der Waals surface area contributed by atoms with E-state index in [-0.39, 0.29) is 0 Å². The number of anilines is 3. The highest BCUT2D eigenvalue weighted by molar-refractivity contribution is 7.26. The Morgan fingerprint density at radius 2 is 1.06 bits per heavy atom. The molecule has 0 saturated heterocycles. The SMILES string of the molecule is c1ccc(-n2c3ccccc3c3cccc(N(c4cccc5c4ccc4oc6ccccc6c45)c4cccc5sc6ccccc6c45)c32)cc1. The molecular formula is C46H28N2OS. The van der Waals surface area contributed by atoms with Gasteiger partial charge in [-0.25, -0.2) is 0 Å². The minimum absolute atomic E-state index is 0.902. The minimum atomic E-state index is 0.902. The summed E-state index contributed by atoms with van der Waals surface area (Å²) in [5, 5.41) is 9.61. The Kier molecular flexibility index (Phi) is 5.83. The normalized spacial score (nSPS) is 12.0. The minimum Gasteiger partial charge on any atom is -0.456 e. The molecule has 0 unspecified atom stereocenters. The van der Waals surface area contributed by atoms with Crippen LogP contribution in [0.3, 0.4) is 0 Å². The van der Waals surface area contributed by atoms with Crippen LogP contribution in [0.5, 0.6) is 0 Å². The van der Waals surface area contributed by atoms with Crippen LogP contribution in [0.2, 0.25) is 0 Å². The van der Waals surface area contributed by atoms with E-state index in [1.165, 1.54) is 52.8 Å². The highest BCUT2D eigenvalue weighted by atomic mass is 32.1. The summed E-state index contributed by atoms with van der Waals surface area (Å²) in [4.78, 5) is 2.51. The Bertz CT molecular complexity index is 3110. The number of para-hydroxylation sites is 4. The zero-order chi connectivity index (χ0) is 32.8. The second-order valence-electron chi connectivity index (χ2n) is 12.9. The van der Waals surface area contributed by atoms with Crippen LogP contribution in [0.25, 0.3) is 80.4 Å². The lowest BCUT2D eigenvalue weighted by molar-refractivity contribution is 0.669. The number of rotatable bonds is 4. The van der Waals surface area contributed by atoms with Crippen molar-refractivity contribution in [2.75, 3.05) is 4.90 Å². The zero-order valence-corrected chi connectivity index (χ0v) is 27.7. The smallest absolute Gasteiger partial charge is 0.136 e. The first-order valence-electron chi connectivity index (χ1n) is 16.9. The van der Waals surface area contributed by atoms with Gasteiger partial charge in [-0.15, -0.1) is 11.3 Å². The van der Waals surface area contributed by atoms with E-state index < -0.39 is 0 Å². The van der Waals surface area contributed by atoms with Crippen LogP contribution >= 0.6 is 11.3 Å². The number of fused-ring (bicyclic) bond motifs is 11. The summed E-state index contributed by atoms with van der Waals surface area (Å²) < 4.78 is 11.4. The molecule has 0 N–H and O–H groups in total. The molecule has 0 aliphatic carbocycles. The van der Waals surface area contributed by atoms with Gasteiger partial charge in [-0.2, -0.15) is 0 Å². The van der Waals surface area contributed by atoms with Crippen LogP contribution in [0, 0.1) is 0 Å². The lowest BCUT2D eigenvalue weighted by Crippen LogP contribution is -2.12. The van der Waals surface area contributed by atoms with E-state index in [0.29, 0.717) is 0 Å². The van der Waals surface area contributed by atoms with Gasteiger partial charge in [0.25, 0.3) is 0 Å². The van der Waals surface area contributed by atoms with Crippen LogP contribution in [0.1, 0.15) is 0 Å². The van der Waals surface area contributed by atoms with Crippen molar-refractivity contribution in [1.29, 1.82) is 0 Å². The summed E-state index contributed by atoms with van der Waals surface area (Å²) in [7, 11) is 0. The highest BCUT2D eigenvalue weighted by Crippen LogP contribution is 2.50. The number of nitrogens with zero attached hydrogens (tertiary/aromatic N) is 2. The summed E-state index contributed by atoms with van der Waals surface area (Å²) in [6.07, 6.45) is 0. The van der Waals surface area contributed by atoms with E-state index in [2.05, 4.69) is 173 Å². The Morgan fingerprint density at radius 1 is 0.400 bits per heavy atom. The summed E-state index contributed by atoms with van der Waals surface area (Å²) >= 11 is 1.85. The first-order chi connectivity index (χ1) is 24.8. The van der Waals surface area contributed by atoms with Gasteiger partial charge in [0, 0.05) is 52.8 Å². The van der Waals surface area contributed by atoms with Gasteiger partial charge in [0.05, 0.1) is 28.1 Å².